The van der Waals surface area contributed by atoms with Gasteiger partial charge in [0.05, 0.1) is 0 Å². The number of carbonyl (C=O) groups is 1. The van der Waals surface area contributed by atoms with Gasteiger partial charge in [0.2, 0.25) is 0 Å². The average Bonchev–Trinajstić information content (AvgIpc) is 2.96. The Balaban J connectivity index is 1.92. The molecule has 2 aromatic carbocycles. The van der Waals surface area contributed by atoms with E-state index in [4.69, 9.17) is 11.6 Å². The summed E-state index contributed by atoms with van der Waals surface area (Å²) in [6.07, 6.45) is -11.9. The number of aryl methyl sites for hydroxylation is 1. The Hall–Kier alpha value is -2.72. The van der Waals surface area contributed by atoms with Crippen molar-refractivity contribution < 1.29 is 31.1 Å². The first kappa shape index (κ1) is 24.9. The van der Waals surface area contributed by atoms with Crippen LogP contribution in [0, 0.1) is 6.92 Å². The third kappa shape index (κ3) is 4.67. The zero-order valence-corrected chi connectivity index (χ0v) is 18.3. The highest BCUT2D eigenvalue weighted by Crippen LogP contribution is 2.41. The quantitative estimate of drug-likeness (QED) is 0.352. The van der Waals surface area contributed by atoms with E-state index >= 15 is 0 Å². The molecule has 33 heavy (non-hydrogen) atoms. The Bertz CT molecular complexity index is 1140. The first-order valence-electron chi connectivity index (χ1n) is 9.78. The molecule has 1 amide bonds. The molecule has 2 N–H and O–H groups in total. The van der Waals surface area contributed by atoms with Gasteiger partial charge in [-0.3, -0.25) is 10.1 Å². The number of benzene rings is 2. The number of para-hydroxylation sites is 1. The van der Waals surface area contributed by atoms with Crippen molar-refractivity contribution in [2.24, 2.45) is 7.05 Å². The Kier molecular flexibility index (Phi) is 6.72. The molecule has 0 bridgehead atoms. The van der Waals surface area contributed by atoms with Crippen molar-refractivity contribution in [1.29, 1.82) is 0 Å². The smallest absolute Gasteiger partial charge is 0.348 e. The second kappa shape index (κ2) is 8.90. The van der Waals surface area contributed by atoms with Crippen LogP contribution < -0.4 is 10.6 Å². The van der Waals surface area contributed by atoms with Crippen molar-refractivity contribution in [3.63, 3.8) is 0 Å². The largest absolute Gasteiger partial charge is 0.434 e. The maximum absolute atomic E-state index is 13.9. The first-order valence-corrected chi connectivity index (χ1v) is 10.2. The predicted molar refractivity (Wildman–Crippen MR) is 113 cm³/mol. The number of hydrogen-bond donors (Lipinski definition) is 2. The molecule has 0 atom stereocenters. The molecular weight excluding hydrogens is 472 g/mol. The van der Waals surface area contributed by atoms with Gasteiger partial charge in [-0.1, -0.05) is 29.8 Å². The van der Waals surface area contributed by atoms with E-state index in [1.165, 1.54) is 12.1 Å². The molecule has 0 aliphatic carbocycles. The fourth-order valence-electron chi connectivity index (χ4n) is 3.68. The maximum Gasteiger partial charge on any atom is 0.434 e. The summed E-state index contributed by atoms with van der Waals surface area (Å²) in [4.78, 5) is 12.3. The highest BCUT2D eigenvalue weighted by molar-refractivity contribution is 6.30. The molecule has 1 aromatic heterocycles. The summed E-state index contributed by atoms with van der Waals surface area (Å²) >= 11 is 5.67. The van der Waals surface area contributed by atoms with Crippen molar-refractivity contribution >= 4 is 28.4 Å². The number of hydrogen-bond acceptors (Lipinski definition) is 2. The SMILES string of the molecule is Cc1c(CCNC(NC(=O)c2ccc(Cl)cc2)(C(F)(F)F)C(F)(F)F)c2ccccc2n1C. The predicted octanol–water partition coefficient (Wildman–Crippen LogP) is 5.52. The number of nitrogens with one attached hydrogen (secondary N) is 2. The van der Waals surface area contributed by atoms with Crippen LogP contribution in [0.3, 0.4) is 0 Å². The zero-order valence-electron chi connectivity index (χ0n) is 17.5. The summed E-state index contributed by atoms with van der Waals surface area (Å²) in [7, 11) is 1.76. The van der Waals surface area contributed by atoms with Gasteiger partial charge in [-0.25, -0.2) is 0 Å². The van der Waals surface area contributed by atoms with Gasteiger partial charge in [-0.2, -0.15) is 26.3 Å². The van der Waals surface area contributed by atoms with Crippen LogP contribution in [0.4, 0.5) is 26.3 Å². The van der Waals surface area contributed by atoms with Gasteiger partial charge in [0.15, 0.2) is 0 Å². The molecular formula is C22H20ClF6N3O. The number of alkyl halides is 6. The standard InChI is InChI=1S/C22H20ClF6N3O/c1-13-16(17-5-3-4-6-18(17)32(13)2)11-12-30-20(21(24,25)26,22(27,28)29)31-19(33)14-7-9-15(23)10-8-14/h3-10,30H,11-12H2,1-2H3,(H,31,33). The van der Waals surface area contributed by atoms with E-state index in [-0.39, 0.29) is 11.4 Å². The van der Waals surface area contributed by atoms with Crippen LogP contribution in [-0.2, 0) is 13.5 Å². The molecule has 178 valence electrons. The second-order valence-corrected chi connectivity index (χ2v) is 7.96. The van der Waals surface area contributed by atoms with Gasteiger partial charge in [-0.05, 0) is 49.2 Å². The molecule has 0 unspecified atom stereocenters. The van der Waals surface area contributed by atoms with E-state index in [0.29, 0.717) is 11.3 Å². The minimum absolute atomic E-state index is 0.127. The minimum atomic E-state index is -5.87. The van der Waals surface area contributed by atoms with Crippen molar-refractivity contribution in [3.8, 4) is 0 Å². The van der Waals surface area contributed by atoms with Gasteiger partial charge in [0.1, 0.15) is 0 Å². The van der Waals surface area contributed by atoms with Crippen LogP contribution >= 0.6 is 11.6 Å². The van der Waals surface area contributed by atoms with Gasteiger partial charge in [-0.15, -0.1) is 0 Å². The number of fused-ring (bicyclic) bond motifs is 1. The maximum atomic E-state index is 13.9. The van der Waals surface area contributed by atoms with E-state index in [1.807, 2.05) is 4.57 Å². The summed E-state index contributed by atoms with van der Waals surface area (Å²) in [5, 5.41) is 3.60. The first-order chi connectivity index (χ1) is 15.3. The molecule has 0 aliphatic heterocycles. The average molecular weight is 492 g/mol. The van der Waals surface area contributed by atoms with Crippen LogP contribution in [0.2, 0.25) is 5.02 Å². The number of nitrogens with zero attached hydrogens (tertiary/aromatic N) is 1. The van der Waals surface area contributed by atoms with Crippen molar-refractivity contribution in [3.05, 3.63) is 70.4 Å². The van der Waals surface area contributed by atoms with E-state index in [9.17, 15) is 31.1 Å². The molecule has 0 fully saturated rings. The summed E-state index contributed by atoms with van der Waals surface area (Å²) in [6, 6.07) is 11.5. The lowest BCUT2D eigenvalue weighted by Crippen LogP contribution is -2.75. The van der Waals surface area contributed by atoms with Crippen LogP contribution in [0.25, 0.3) is 10.9 Å². The summed E-state index contributed by atoms with van der Waals surface area (Å²) in [5.74, 6) is -1.55. The topological polar surface area (TPSA) is 46.1 Å². The number of halogens is 7. The van der Waals surface area contributed by atoms with E-state index in [0.717, 1.165) is 28.4 Å². The third-order valence-corrected chi connectivity index (χ3v) is 5.81. The van der Waals surface area contributed by atoms with E-state index in [2.05, 4.69) is 0 Å². The van der Waals surface area contributed by atoms with Crippen LogP contribution in [0.5, 0.6) is 0 Å². The molecule has 0 spiro atoms. The van der Waals surface area contributed by atoms with Crippen LogP contribution in [-0.4, -0.2) is 35.0 Å². The number of carbonyl (C=O) groups excluding carboxylic acids is 1. The molecule has 1 heterocycles. The Morgan fingerprint density at radius 2 is 1.55 bits per heavy atom. The lowest BCUT2D eigenvalue weighted by atomic mass is 10.0. The molecule has 11 heteroatoms. The molecule has 0 saturated heterocycles. The number of aromatic nitrogens is 1. The summed E-state index contributed by atoms with van der Waals surface area (Å²) < 4.78 is 84.9. The summed E-state index contributed by atoms with van der Waals surface area (Å²) in [6.45, 7) is 1.03. The van der Waals surface area contributed by atoms with E-state index in [1.54, 1.807) is 43.6 Å². The number of amides is 1. The molecule has 0 aliphatic rings. The second-order valence-electron chi connectivity index (χ2n) is 7.52. The van der Waals surface area contributed by atoms with Gasteiger partial charge in [0.25, 0.3) is 11.6 Å². The van der Waals surface area contributed by atoms with E-state index < -0.39 is 36.0 Å². The van der Waals surface area contributed by atoms with Gasteiger partial charge in [0, 0.05) is 40.8 Å². The molecule has 4 nitrogen and oxygen atoms in total. The summed E-state index contributed by atoms with van der Waals surface area (Å²) in [5.41, 5.74) is -2.91. The third-order valence-electron chi connectivity index (χ3n) is 5.55. The molecule has 0 saturated carbocycles. The minimum Gasteiger partial charge on any atom is -0.348 e. The highest BCUT2D eigenvalue weighted by atomic mass is 35.5. The van der Waals surface area contributed by atoms with Crippen molar-refractivity contribution in [2.45, 2.75) is 31.4 Å². The Labute approximate surface area is 190 Å². The van der Waals surface area contributed by atoms with Crippen LogP contribution in [0.15, 0.2) is 48.5 Å². The molecule has 3 aromatic rings. The normalized spacial score (nSPS) is 12.9. The van der Waals surface area contributed by atoms with Gasteiger partial charge >= 0.3 is 12.4 Å². The van der Waals surface area contributed by atoms with Gasteiger partial charge < -0.3 is 9.88 Å². The van der Waals surface area contributed by atoms with Crippen LogP contribution in [0.1, 0.15) is 21.6 Å². The van der Waals surface area contributed by atoms with Crippen molar-refractivity contribution in [2.75, 3.05) is 6.54 Å². The zero-order chi connectivity index (χ0) is 24.6. The van der Waals surface area contributed by atoms with Crippen molar-refractivity contribution in [1.82, 2.24) is 15.2 Å². The molecule has 0 radical (unpaired) electrons. The lowest BCUT2D eigenvalue weighted by Gasteiger charge is -2.38. The highest BCUT2D eigenvalue weighted by Gasteiger charge is 2.72. The Morgan fingerprint density at radius 1 is 0.970 bits per heavy atom. The lowest BCUT2D eigenvalue weighted by molar-refractivity contribution is -0.314. The fraction of sp³-hybridized carbons (Fsp3) is 0.318. The monoisotopic (exact) mass is 491 g/mol. The fourth-order valence-corrected chi connectivity index (χ4v) is 3.81. The molecule has 3 rings (SSSR count). The Morgan fingerprint density at radius 3 is 2.12 bits per heavy atom. The number of rotatable bonds is 6.